The molecule has 0 amide bonds. The van der Waals surface area contributed by atoms with Crippen molar-refractivity contribution in [3.8, 4) is 5.69 Å². The van der Waals surface area contributed by atoms with E-state index in [9.17, 15) is 9.59 Å². The number of aromatic nitrogens is 2. The molecule has 0 atom stereocenters. The van der Waals surface area contributed by atoms with E-state index in [0.29, 0.717) is 5.56 Å². The van der Waals surface area contributed by atoms with Gasteiger partial charge in [-0.3, -0.25) is 13.9 Å². The van der Waals surface area contributed by atoms with E-state index in [-0.39, 0.29) is 5.69 Å². The second-order valence-electron chi connectivity index (χ2n) is 4.06. The van der Waals surface area contributed by atoms with Gasteiger partial charge in [-0.2, -0.15) is 0 Å². The highest BCUT2D eigenvalue weighted by molar-refractivity contribution is 5.75. The van der Waals surface area contributed by atoms with Gasteiger partial charge in [0.2, 0.25) is 0 Å². The molecule has 88 valence electrons. The van der Waals surface area contributed by atoms with Crippen LogP contribution in [0, 0.1) is 13.8 Å². The molecule has 0 aliphatic heterocycles. The average Bonchev–Trinajstić information content (AvgIpc) is 2.54. The fourth-order valence-electron chi connectivity index (χ4n) is 1.85. The summed E-state index contributed by atoms with van der Waals surface area (Å²) in [5, 5.41) is 0. The van der Waals surface area contributed by atoms with E-state index in [2.05, 4.69) is 0 Å². The summed E-state index contributed by atoms with van der Waals surface area (Å²) in [5.74, 6) is 0. The van der Waals surface area contributed by atoms with Gasteiger partial charge in [-0.1, -0.05) is 0 Å². The number of carbonyl (C=O) groups excluding carboxylic acids is 1. The fourth-order valence-corrected chi connectivity index (χ4v) is 1.85. The van der Waals surface area contributed by atoms with Crippen LogP contribution >= 0.6 is 0 Å². The highest BCUT2D eigenvalue weighted by Gasteiger charge is 2.11. The number of benzene rings is 1. The number of hydrogen-bond donors (Lipinski definition) is 0. The zero-order chi connectivity index (χ0) is 12.6. The van der Waals surface area contributed by atoms with E-state index in [1.807, 2.05) is 13.8 Å². The van der Waals surface area contributed by atoms with Crippen molar-refractivity contribution in [3.63, 3.8) is 0 Å². The third-order valence-electron chi connectivity index (χ3n) is 3.13. The van der Waals surface area contributed by atoms with Crippen molar-refractivity contribution in [1.29, 1.82) is 0 Å². The van der Waals surface area contributed by atoms with Gasteiger partial charge >= 0.3 is 5.69 Å². The maximum Gasteiger partial charge on any atom is 0.332 e. The Morgan fingerprint density at radius 2 is 1.65 bits per heavy atom. The molecule has 0 unspecified atom stereocenters. The lowest BCUT2D eigenvalue weighted by Gasteiger charge is -2.04. The van der Waals surface area contributed by atoms with Crippen molar-refractivity contribution in [1.82, 2.24) is 9.13 Å². The molecular weight excluding hydrogens is 216 g/mol. The smallest absolute Gasteiger partial charge is 0.299 e. The summed E-state index contributed by atoms with van der Waals surface area (Å²) < 4.78 is 3.26. The molecule has 1 aromatic carbocycles. The van der Waals surface area contributed by atoms with Crippen molar-refractivity contribution in [2.75, 3.05) is 0 Å². The Morgan fingerprint density at radius 3 is 2.06 bits per heavy atom. The van der Waals surface area contributed by atoms with Gasteiger partial charge in [0.25, 0.3) is 0 Å². The first-order valence-electron chi connectivity index (χ1n) is 5.37. The Kier molecular flexibility index (Phi) is 2.71. The first-order valence-corrected chi connectivity index (χ1v) is 5.37. The normalized spacial score (nSPS) is 10.5. The van der Waals surface area contributed by atoms with Crippen molar-refractivity contribution < 1.29 is 4.79 Å². The third kappa shape index (κ3) is 1.71. The quantitative estimate of drug-likeness (QED) is 0.736. The molecule has 1 heterocycles. The topological polar surface area (TPSA) is 44.0 Å². The highest BCUT2D eigenvalue weighted by Crippen LogP contribution is 2.12. The van der Waals surface area contributed by atoms with Crippen LogP contribution in [0.3, 0.4) is 0 Å². The van der Waals surface area contributed by atoms with Crippen LogP contribution in [0.2, 0.25) is 0 Å². The van der Waals surface area contributed by atoms with Gasteiger partial charge < -0.3 is 0 Å². The highest BCUT2D eigenvalue weighted by atomic mass is 16.1. The first-order chi connectivity index (χ1) is 8.06. The Labute approximate surface area is 99.1 Å². The second kappa shape index (κ2) is 4.05. The molecule has 0 aliphatic carbocycles. The van der Waals surface area contributed by atoms with E-state index in [1.54, 1.807) is 40.4 Å². The van der Waals surface area contributed by atoms with Gasteiger partial charge in [0.1, 0.15) is 6.29 Å². The molecule has 1 aromatic heterocycles. The monoisotopic (exact) mass is 230 g/mol. The molecule has 0 bridgehead atoms. The number of carbonyl (C=O) groups is 1. The lowest BCUT2D eigenvalue weighted by atomic mass is 10.2. The molecule has 0 fully saturated rings. The van der Waals surface area contributed by atoms with E-state index >= 15 is 0 Å². The van der Waals surface area contributed by atoms with Crippen LogP contribution in [0.5, 0.6) is 0 Å². The molecule has 2 aromatic rings. The van der Waals surface area contributed by atoms with Crippen molar-refractivity contribution in [2.45, 2.75) is 13.8 Å². The molecule has 0 radical (unpaired) electrons. The summed E-state index contributed by atoms with van der Waals surface area (Å²) in [6.07, 6.45) is 0.787. The molecule has 0 saturated heterocycles. The maximum atomic E-state index is 12.0. The summed E-state index contributed by atoms with van der Waals surface area (Å²) in [6.45, 7) is 3.82. The van der Waals surface area contributed by atoms with E-state index in [0.717, 1.165) is 23.4 Å². The number of rotatable bonds is 2. The summed E-state index contributed by atoms with van der Waals surface area (Å²) >= 11 is 0. The molecule has 0 spiro atoms. The largest absolute Gasteiger partial charge is 0.332 e. The zero-order valence-electron chi connectivity index (χ0n) is 10.1. The Balaban J connectivity index is 2.64. The Bertz CT molecular complexity index is 618. The van der Waals surface area contributed by atoms with Crippen LogP contribution in [-0.2, 0) is 7.05 Å². The molecule has 4 nitrogen and oxygen atoms in total. The van der Waals surface area contributed by atoms with Crippen LogP contribution in [0.1, 0.15) is 21.7 Å². The second-order valence-corrected chi connectivity index (χ2v) is 4.06. The van der Waals surface area contributed by atoms with Crippen LogP contribution in [0.4, 0.5) is 0 Å². The predicted molar refractivity (Wildman–Crippen MR) is 65.9 cm³/mol. The molecule has 2 rings (SSSR count). The molecule has 0 aliphatic rings. The standard InChI is InChI=1S/C13H14N2O2/c1-9-10(2)15(13(17)14(9)3)12-6-4-11(8-16)5-7-12/h4-8H,1-3H3. The Hall–Kier alpha value is -2.10. The van der Waals surface area contributed by atoms with Gasteiger partial charge in [-0.25, -0.2) is 4.79 Å². The van der Waals surface area contributed by atoms with E-state index in [1.165, 1.54) is 0 Å². The minimum atomic E-state index is -0.0705. The molecular formula is C13H14N2O2. The minimum absolute atomic E-state index is 0.0705. The van der Waals surface area contributed by atoms with Crippen molar-refractivity contribution in [2.24, 2.45) is 7.05 Å². The molecule has 0 N–H and O–H groups in total. The summed E-state index contributed by atoms with van der Waals surface area (Å²) in [6, 6.07) is 6.96. The summed E-state index contributed by atoms with van der Waals surface area (Å²) in [5.41, 5.74) is 3.17. The van der Waals surface area contributed by atoms with Gasteiger partial charge in [-0.05, 0) is 38.1 Å². The fraction of sp³-hybridized carbons (Fsp3) is 0.231. The Morgan fingerprint density at radius 1 is 1.06 bits per heavy atom. The molecule has 4 heteroatoms. The van der Waals surface area contributed by atoms with Gasteiger partial charge in [0.15, 0.2) is 0 Å². The van der Waals surface area contributed by atoms with Gasteiger partial charge in [0.05, 0.1) is 5.69 Å². The predicted octanol–water partition coefficient (Wildman–Crippen LogP) is 1.61. The SMILES string of the molecule is Cc1c(C)n(-c2ccc(C=O)cc2)c(=O)n1C. The zero-order valence-corrected chi connectivity index (χ0v) is 10.1. The molecule has 0 saturated carbocycles. The van der Waals surface area contributed by atoms with Crippen LogP contribution in [-0.4, -0.2) is 15.4 Å². The van der Waals surface area contributed by atoms with Crippen molar-refractivity contribution >= 4 is 6.29 Å². The lowest BCUT2D eigenvalue weighted by Crippen LogP contribution is -2.21. The number of aldehydes is 1. The van der Waals surface area contributed by atoms with Crippen LogP contribution in [0.15, 0.2) is 29.1 Å². The summed E-state index contributed by atoms with van der Waals surface area (Å²) in [4.78, 5) is 22.6. The first kappa shape index (κ1) is 11.4. The molecule has 17 heavy (non-hydrogen) atoms. The number of imidazole rings is 1. The summed E-state index contributed by atoms with van der Waals surface area (Å²) in [7, 11) is 1.75. The van der Waals surface area contributed by atoms with E-state index in [4.69, 9.17) is 0 Å². The van der Waals surface area contributed by atoms with Gasteiger partial charge in [-0.15, -0.1) is 0 Å². The minimum Gasteiger partial charge on any atom is -0.299 e. The third-order valence-corrected chi connectivity index (χ3v) is 3.13. The lowest BCUT2D eigenvalue weighted by molar-refractivity contribution is 0.112. The van der Waals surface area contributed by atoms with Gasteiger partial charge in [0, 0.05) is 24.0 Å². The average molecular weight is 230 g/mol. The van der Waals surface area contributed by atoms with Crippen LogP contribution in [0.25, 0.3) is 5.69 Å². The number of nitrogens with zero attached hydrogens (tertiary/aromatic N) is 2. The maximum absolute atomic E-state index is 12.0. The van der Waals surface area contributed by atoms with Crippen LogP contribution < -0.4 is 5.69 Å². The van der Waals surface area contributed by atoms with Crippen molar-refractivity contribution in [3.05, 3.63) is 51.7 Å². The number of hydrogen-bond acceptors (Lipinski definition) is 2. The van der Waals surface area contributed by atoms with E-state index < -0.39 is 0 Å².